The number of hydrogen-bond donors (Lipinski definition) is 2. The van der Waals surface area contributed by atoms with Crippen molar-refractivity contribution in [3.63, 3.8) is 0 Å². The van der Waals surface area contributed by atoms with Gasteiger partial charge in [-0.3, -0.25) is 14.5 Å². The van der Waals surface area contributed by atoms with Crippen molar-refractivity contribution in [3.8, 4) is 11.5 Å². The number of imide groups is 1. The van der Waals surface area contributed by atoms with Gasteiger partial charge in [-0.05, 0) is 48.2 Å². The minimum atomic E-state index is -1.38. The Morgan fingerprint density at radius 3 is 2.45 bits per heavy atom. The van der Waals surface area contributed by atoms with Crippen molar-refractivity contribution >= 4 is 17.8 Å². The van der Waals surface area contributed by atoms with Crippen LogP contribution in [-0.2, 0) is 15.1 Å². The predicted molar refractivity (Wildman–Crippen MR) is 117 cm³/mol. The molecular weight excluding hydrogens is 429 g/mol. The van der Waals surface area contributed by atoms with Gasteiger partial charge in [0.2, 0.25) is 5.91 Å². The number of fused-ring (bicyclic) bond motifs is 1. The molecule has 0 bridgehead atoms. The summed E-state index contributed by atoms with van der Waals surface area (Å²) in [5.41, 5.74) is -0.115. The highest BCUT2D eigenvalue weighted by Gasteiger charge is 2.49. The number of benzene rings is 2. The standard InChI is InChI=1S/C24H26FN3O5/c1-14(2)21(15-4-9-18-19(12-15)33-11-10-32-18)26-20(29)13-28-22(30)24(3,27-23(28)31)16-5-7-17(25)8-6-16/h4-9,12,14,21H,10-11,13H2,1-3H3,(H,26,29)(H,27,31). The molecule has 2 aromatic carbocycles. The molecule has 4 rings (SSSR count). The number of carbonyl (C=O) groups excluding carboxylic acids is 3. The molecule has 0 radical (unpaired) electrons. The molecule has 2 aromatic rings. The Balaban J connectivity index is 1.48. The third-order valence-corrected chi connectivity index (χ3v) is 5.91. The molecule has 2 aliphatic rings. The Labute approximate surface area is 191 Å². The Kier molecular flexibility index (Phi) is 5.97. The van der Waals surface area contributed by atoms with Gasteiger partial charge in [-0.2, -0.15) is 0 Å². The summed E-state index contributed by atoms with van der Waals surface area (Å²) < 4.78 is 24.5. The largest absolute Gasteiger partial charge is 0.486 e. The van der Waals surface area contributed by atoms with Gasteiger partial charge in [0.1, 0.15) is 31.1 Å². The van der Waals surface area contributed by atoms with E-state index >= 15 is 0 Å². The number of nitrogens with zero attached hydrogens (tertiary/aromatic N) is 1. The molecule has 0 aliphatic carbocycles. The lowest BCUT2D eigenvalue weighted by Crippen LogP contribution is -2.44. The second-order valence-corrected chi connectivity index (χ2v) is 8.65. The molecule has 2 atom stereocenters. The van der Waals surface area contributed by atoms with E-state index in [4.69, 9.17) is 9.47 Å². The van der Waals surface area contributed by atoms with Crippen LogP contribution in [0.4, 0.5) is 9.18 Å². The number of halogens is 1. The lowest BCUT2D eigenvalue weighted by atomic mass is 9.92. The van der Waals surface area contributed by atoms with Crippen LogP contribution in [0.1, 0.15) is 37.9 Å². The zero-order valence-corrected chi connectivity index (χ0v) is 18.7. The summed E-state index contributed by atoms with van der Waals surface area (Å²) in [6, 6.07) is 9.76. The average molecular weight is 455 g/mol. The fraction of sp³-hybridized carbons (Fsp3) is 0.375. The van der Waals surface area contributed by atoms with Crippen LogP contribution >= 0.6 is 0 Å². The lowest BCUT2D eigenvalue weighted by Gasteiger charge is -2.26. The van der Waals surface area contributed by atoms with Crippen LogP contribution < -0.4 is 20.1 Å². The molecule has 2 heterocycles. The number of urea groups is 1. The van der Waals surface area contributed by atoms with E-state index < -0.39 is 35.7 Å². The van der Waals surface area contributed by atoms with Gasteiger partial charge in [0, 0.05) is 0 Å². The first kappa shape index (κ1) is 22.6. The van der Waals surface area contributed by atoms with Gasteiger partial charge >= 0.3 is 6.03 Å². The molecule has 1 fully saturated rings. The minimum Gasteiger partial charge on any atom is -0.486 e. The predicted octanol–water partition coefficient (Wildman–Crippen LogP) is 2.88. The van der Waals surface area contributed by atoms with E-state index in [-0.39, 0.29) is 12.0 Å². The van der Waals surface area contributed by atoms with Crippen LogP contribution in [0.5, 0.6) is 11.5 Å². The van der Waals surface area contributed by atoms with Gasteiger partial charge in [0.15, 0.2) is 11.5 Å². The monoisotopic (exact) mass is 455 g/mol. The zero-order valence-electron chi connectivity index (χ0n) is 18.7. The molecular formula is C24H26FN3O5. The van der Waals surface area contributed by atoms with Crippen molar-refractivity contribution in [3.05, 3.63) is 59.4 Å². The number of nitrogens with one attached hydrogen (secondary N) is 2. The summed E-state index contributed by atoms with van der Waals surface area (Å²) in [5.74, 6) is -0.204. The molecule has 2 N–H and O–H groups in total. The molecule has 1 saturated heterocycles. The van der Waals surface area contributed by atoms with Gasteiger partial charge in [-0.1, -0.05) is 32.0 Å². The van der Waals surface area contributed by atoms with Gasteiger partial charge in [0.25, 0.3) is 5.91 Å². The van der Waals surface area contributed by atoms with Crippen molar-refractivity contribution < 1.29 is 28.2 Å². The highest BCUT2D eigenvalue weighted by Crippen LogP contribution is 2.34. The summed E-state index contributed by atoms with van der Waals surface area (Å²) in [7, 11) is 0. The maximum absolute atomic E-state index is 13.3. The number of rotatable bonds is 6. The van der Waals surface area contributed by atoms with E-state index in [1.54, 1.807) is 6.07 Å². The van der Waals surface area contributed by atoms with E-state index in [0.717, 1.165) is 10.5 Å². The number of hydrogen-bond acceptors (Lipinski definition) is 5. The van der Waals surface area contributed by atoms with Gasteiger partial charge in [0.05, 0.1) is 6.04 Å². The summed E-state index contributed by atoms with van der Waals surface area (Å²) in [4.78, 5) is 39.3. The molecule has 0 aromatic heterocycles. The molecule has 174 valence electrons. The third-order valence-electron chi connectivity index (χ3n) is 5.91. The Morgan fingerprint density at radius 2 is 1.79 bits per heavy atom. The van der Waals surface area contributed by atoms with E-state index in [0.29, 0.717) is 30.3 Å². The maximum Gasteiger partial charge on any atom is 0.325 e. The highest BCUT2D eigenvalue weighted by atomic mass is 19.1. The smallest absolute Gasteiger partial charge is 0.325 e. The minimum absolute atomic E-state index is 0.0316. The first-order chi connectivity index (χ1) is 15.7. The number of amides is 4. The van der Waals surface area contributed by atoms with E-state index in [9.17, 15) is 18.8 Å². The van der Waals surface area contributed by atoms with Crippen LogP contribution in [0.3, 0.4) is 0 Å². The van der Waals surface area contributed by atoms with Gasteiger partial charge in [-0.25, -0.2) is 9.18 Å². The van der Waals surface area contributed by atoms with E-state index in [1.165, 1.54) is 31.2 Å². The summed E-state index contributed by atoms with van der Waals surface area (Å²) >= 11 is 0. The van der Waals surface area contributed by atoms with Crippen LogP contribution in [0.2, 0.25) is 0 Å². The molecule has 8 nitrogen and oxygen atoms in total. The van der Waals surface area contributed by atoms with Crippen LogP contribution in [0.25, 0.3) is 0 Å². The van der Waals surface area contributed by atoms with E-state index in [2.05, 4.69) is 10.6 Å². The molecule has 0 saturated carbocycles. The van der Waals surface area contributed by atoms with Crippen LogP contribution in [0.15, 0.2) is 42.5 Å². The van der Waals surface area contributed by atoms with Crippen molar-refractivity contribution in [2.75, 3.05) is 19.8 Å². The van der Waals surface area contributed by atoms with Crippen LogP contribution in [0, 0.1) is 11.7 Å². The molecule has 33 heavy (non-hydrogen) atoms. The normalized spacial score (nSPS) is 20.6. The summed E-state index contributed by atoms with van der Waals surface area (Å²) in [5, 5.41) is 5.54. The molecule has 2 aliphatic heterocycles. The molecule has 4 amide bonds. The van der Waals surface area contributed by atoms with Crippen LogP contribution in [-0.4, -0.2) is 42.5 Å². The Bertz CT molecular complexity index is 1090. The van der Waals surface area contributed by atoms with Crippen molar-refractivity contribution in [1.29, 1.82) is 0 Å². The van der Waals surface area contributed by atoms with Crippen molar-refractivity contribution in [1.82, 2.24) is 15.5 Å². The molecule has 9 heteroatoms. The van der Waals surface area contributed by atoms with Crippen molar-refractivity contribution in [2.45, 2.75) is 32.4 Å². The van der Waals surface area contributed by atoms with Gasteiger partial charge < -0.3 is 20.1 Å². The molecule has 0 spiro atoms. The maximum atomic E-state index is 13.3. The number of carbonyl (C=O) groups is 3. The second-order valence-electron chi connectivity index (χ2n) is 8.65. The lowest BCUT2D eigenvalue weighted by molar-refractivity contribution is -0.135. The fourth-order valence-corrected chi connectivity index (χ4v) is 4.07. The number of ether oxygens (including phenoxy) is 2. The summed E-state index contributed by atoms with van der Waals surface area (Å²) in [6.45, 7) is 5.95. The van der Waals surface area contributed by atoms with Gasteiger partial charge in [-0.15, -0.1) is 0 Å². The Hall–Kier alpha value is -3.62. The SMILES string of the molecule is CC(C)C(NC(=O)CN1C(=O)NC(C)(c2ccc(F)cc2)C1=O)c1ccc2c(c1)OCCO2. The quantitative estimate of drug-likeness (QED) is 0.653. The first-order valence-electron chi connectivity index (χ1n) is 10.8. The second kappa shape index (κ2) is 8.73. The average Bonchev–Trinajstić information content (AvgIpc) is 3.01. The topological polar surface area (TPSA) is 97.0 Å². The fourth-order valence-electron chi connectivity index (χ4n) is 4.07. The molecule has 2 unspecified atom stereocenters. The van der Waals surface area contributed by atoms with E-state index in [1.807, 2.05) is 26.0 Å². The third kappa shape index (κ3) is 4.35. The zero-order chi connectivity index (χ0) is 23.8. The van der Waals surface area contributed by atoms with Crippen molar-refractivity contribution in [2.24, 2.45) is 5.92 Å². The Morgan fingerprint density at radius 1 is 1.12 bits per heavy atom. The summed E-state index contributed by atoms with van der Waals surface area (Å²) in [6.07, 6.45) is 0. The highest BCUT2D eigenvalue weighted by molar-refractivity contribution is 6.09. The first-order valence-corrected chi connectivity index (χ1v) is 10.8.